The summed E-state index contributed by atoms with van der Waals surface area (Å²) in [6.45, 7) is 4.04. The Hall–Kier alpha value is -2.38. The molecular weight excluding hydrogens is 369 g/mol. The molecule has 0 amide bonds. The number of guanidine groups is 1. The van der Waals surface area contributed by atoms with Crippen molar-refractivity contribution in [2.75, 3.05) is 40.8 Å². The van der Waals surface area contributed by atoms with Crippen LogP contribution in [0.3, 0.4) is 0 Å². The van der Waals surface area contributed by atoms with Gasteiger partial charge in [-0.25, -0.2) is 4.39 Å². The van der Waals surface area contributed by atoms with Crippen LogP contribution in [0.5, 0.6) is 0 Å². The topological polar surface area (TPSA) is 56.0 Å². The van der Waals surface area contributed by atoms with E-state index in [4.69, 9.17) is 4.42 Å². The molecule has 29 heavy (non-hydrogen) atoms. The zero-order chi connectivity index (χ0) is 20.6. The Balaban J connectivity index is 1.57. The minimum atomic E-state index is -0.170. The normalized spacial score (nSPS) is 16.4. The first kappa shape index (κ1) is 21.3. The number of hydrogen-bond acceptors (Lipinski definition) is 4. The van der Waals surface area contributed by atoms with Crippen molar-refractivity contribution in [1.82, 2.24) is 20.4 Å². The lowest BCUT2D eigenvalue weighted by Crippen LogP contribution is -2.42. The summed E-state index contributed by atoms with van der Waals surface area (Å²) in [7, 11) is 5.63. The van der Waals surface area contributed by atoms with E-state index >= 15 is 0 Å². The molecule has 3 rings (SSSR count). The van der Waals surface area contributed by atoms with Crippen molar-refractivity contribution < 1.29 is 8.81 Å². The SMILES string of the molecule is CN=C(NCc1ccc(F)c(CN(C)C)c1)NCC(c1ccco1)N1CCCC1. The number of nitrogens with one attached hydrogen (secondary N) is 2. The zero-order valence-electron chi connectivity index (χ0n) is 17.6. The van der Waals surface area contributed by atoms with E-state index in [1.54, 1.807) is 13.3 Å². The van der Waals surface area contributed by atoms with Gasteiger partial charge in [-0.1, -0.05) is 6.07 Å². The number of hydrogen-bond donors (Lipinski definition) is 2. The third-order valence-corrected chi connectivity index (χ3v) is 5.20. The summed E-state index contributed by atoms with van der Waals surface area (Å²) in [6.07, 6.45) is 4.18. The quantitative estimate of drug-likeness (QED) is 0.526. The first-order chi connectivity index (χ1) is 14.1. The summed E-state index contributed by atoms with van der Waals surface area (Å²) in [5, 5.41) is 6.75. The van der Waals surface area contributed by atoms with Gasteiger partial charge in [-0.3, -0.25) is 9.89 Å². The van der Waals surface area contributed by atoms with E-state index in [9.17, 15) is 4.39 Å². The van der Waals surface area contributed by atoms with Gasteiger partial charge in [0.15, 0.2) is 5.96 Å². The van der Waals surface area contributed by atoms with Crippen LogP contribution in [0.4, 0.5) is 4.39 Å². The van der Waals surface area contributed by atoms with E-state index in [-0.39, 0.29) is 11.9 Å². The molecule has 2 aromatic rings. The Morgan fingerprint density at radius 2 is 2.03 bits per heavy atom. The molecule has 1 aromatic heterocycles. The number of likely N-dealkylation sites (tertiary alicyclic amines) is 1. The molecule has 158 valence electrons. The van der Waals surface area contributed by atoms with Gasteiger partial charge in [0.05, 0.1) is 12.3 Å². The Kier molecular flexibility index (Phi) is 7.66. The van der Waals surface area contributed by atoms with Crippen LogP contribution in [0.1, 0.15) is 35.8 Å². The third kappa shape index (κ3) is 6.05. The van der Waals surface area contributed by atoms with E-state index in [1.165, 1.54) is 18.9 Å². The molecule has 0 bridgehead atoms. The summed E-state index contributed by atoms with van der Waals surface area (Å²) < 4.78 is 19.7. The van der Waals surface area contributed by atoms with Gasteiger partial charge in [0, 0.05) is 32.2 Å². The largest absolute Gasteiger partial charge is 0.468 e. The zero-order valence-corrected chi connectivity index (χ0v) is 17.6. The van der Waals surface area contributed by atoms with Crippen LogP contribution in [-0.4, -0.2) is 56.5 Å². The highest BCUT2D eigenvalue weighted by Gasteiger charge is 2.25. The minimum absolute atomic E-state index is 0.170. The number of furan rings is 1. The third-order valence-electron chi connectivity index (χ3n) is 5.20. The van der Waals surface area contributed by atoms with Crippen LogP contribution >= 0.6 is 0 Å². The van der Waals surface area contributed by atoms with Crippen molar-refractivity contribution in [3.63, 3.8) is 0 Å². The Bertz CT molecular complexity index is 785. The van der Waals surface area contributed by atoms with E-state index < -0.39 is 0 Å². The van der Waals surface area contributed by atoms with Crippen LogP contribution in [0.25, 0.3) is 0 Å². The summed E-state index contributed by atoms with van der Waals surface area (Å²) >= 11 is 0. The lowest BCUT2D eigenvalue weighted by molar-refractivity contribution is 0.215. The van der Waals surface area contributed by atoms with Gasteiger partial charge < -0.3 is 20.0 Å². The van der Waals surface area contributed by atoms with Gasteiger partial charge in [0.2, 0.25) is 0 Å². The second-order valence-electron chi connectivity index (χ2n) is 7.74. The molecule has 0 saturated carbocycles. The molecule has 1 saturated heterocycles. The van der Waals surface area contributed by atoms with E-state index in [1.807, 2.05) is 43.3 Å². The molecule has 6 nitrogen and oxygen atoms in total. The summed E-state index contributed by atoms with van der Waals surface area (Å²) in [5.74, 6) is 1.53. The predicted octanol–water partition coefficient (Wildman–Crippen LogP) is 2.98. The number of rotatable bonds is 8. The molecule has 0 radical (unpaired) electrons. The second-order valence-corrected chi connectivity index (χ2v) is 7.74. The maximum Gasteiger partial charge on any atom is 0.191 e. The van der Waals surface area contributed by atoms with Gasteiger partial charge in [-0.05, 0) is 69.9 Å². The summed E-state index contributed by atoms with van der Waals surface area (Å²) in [4.78, 5) is 8.75. The molecule has 1 fully saturated rings. The number of benzene rings is 1. The molecule has 0 spiro atoms. The fourth-order valence-electron chi connectivity index (χ4n) is 3.74. The van der Waals surface area contributed by atoms with Crippen LogP contribution in [0.2, 0.25) is 0 Å². The smallest absolute Gasteiger partial charge is 0.191 e. The summed E-state index contributed by atoms with van der Waals surface area (Å²) in [5.41, 5.74) is 1.72. The second kappa shape index (κ2) is 10.4. The average Bonchev–Trinajstić information content (AvgIpc) is 3.41. The van der Waals surface area contributed by atoms with Crippen molar-refractivity contribution in [1.29, 1.82) is 0 Å². The van der Waals surface area contributed by atoms with Gasteiger partial charge in [0.1, 0.15) is 11.6 Å². The lowest BCUT2D eigenvalue weighted by atomic mass is 10.1. The molecule has 1 aliphatic rings. The maximum atomic E-state index is 14.0. The van der Waals surface area contributed by atoms with Crippen LogP contribution in [-0.2, 0) is 13.1 Å². The van der Waals surface area contributed by atoms with E-state index in [0.29, 0.717) is 25.2 Å². The van der Waals surface area contributed by atoms with Gasteiger partial charge in [0.25, 0.3) is 0 Å². The Morgan fingerprint density at radius 3 is 2.69 bits per heavy atom. The molecular formula is C22H32FN5O. The number of halogens is 1. The Labute approximate surface area is 172 Å². The first-order valence-corrected chi connectivity index (χ1v) is 10.2. The molecule has 1 unspecified atom stereocenters. The van der Waals surface area contributed by atoms with Crippen molar-refractivity contribution >= 4 is 5.96 Å². The number of nitrogens with zero attached hydrogens (tertiary/aromatic N) is 3. The maximum absolute atomic E-state index is 14.0. The molecule has 0 aliphatic carbocycles. The van der Waals surface area contributed by atoms with Gasteiger partial charge >= 0.3 is 0 Å². The molecule has 1 atom stereocenters. The highest BCUT2D eigenvalue weighted by Crippen LogP contribution is 2.24. The number of aliphatic imine (C=N–C) groups is 1. The first-order valence-electron chi connectivity index (χ1n) is 10.2. The fourth-order valence-corrected chi connectivity index (χ4v) is 3.74. The predicted molar refractivity (Wildman–Crippen MR) is 114 cm³/mol. The molecule has 2 heterocycles. The Morgan fingerprint density at radius 1 is 1.24 bits per heavy atom. The van der Waals surface area contributed by atoms with E-state index in [2.05, 4.69) is 20.5 Å². The summed E-state index contributed by atoms with van der Waals surface area (Å²) in [6, 6.07) is 9.41. The van der Waals surface area contributed by atoms with Crippen LogP contribution in [0, 0.1) is 5.82 Å². The van der Waals surface area contributed by atoms with Crippen molar-refractivity contribution in [3.05, 3.63) is 59.3 Å². The van der Waals surface area contributed by atoms with Crippen molar-refractivity contribution in [2.45, 2.75) is 32.0 Å². The highest BCUT2D eigenvalue weighted by molar-refractivity contribution is 5.79. The molecule has 1 aromatic carbocycles. The lowest BCUT2D eigenvalue weighted by Gasteiger charge is -2.26. The molecule has 1 aliphatic heterocycles. The van der Waals surface area contributed by atoms with Crippen molar-refractivity contribution in [3.8, 4) is 0 Å². The standard InChI is InChI=1S/C22H32FN5O/c1-24-22(25-14-17-8-9-19(23)18(13-17)16-27(2)3)26-15-20(21-7-6-12-29-21)28-10-4-5-11-28/h6-9,12-13,20H,4-5,10-11,14-16H2,1-3H3,(H2,24,25,26). The van der Waals surface area contributed by atoms with Gasteiger partial charge in [-0.2, -0.15) is 0 Å². The molecule has 2 N–H and O–H groups in total. The van der Waals surface area contributed by atoms with Crippen molar-refractivity contribution in [2.24, 2.45) is 4.99 Å². The molecule has 7 heteroatoms. The van der Waals surface area contributed by atoms with E-state index in [0.717, 1.165) is 30.4 Å². The monoisotopic (exact) mass is 401 g/mol. The van der Waals surface area contributed by atoms with Crippen LogP contribution < -0.4 is 10.6 Å². The highest BCUT2D eigenvalue weighted by atomic mass is 19.1. The average molecular weight is 402 g/mol. The van der Waals surface area contributed by atoms with Crippen LogP contribution in [0.15, 0.2) is 46.0 Å². The fraction of sp³-hybridized carbons (Fsp3) is 0.500. The van der Waals surface area contributed by atoms with Gasteiger partial charge in [-0.15, -0.1) is 0 Å². The minimum Gasteiger partial charge on any atom is -0.468 e.